The van der Waals surface area contributed by atoms with Crippen LogP contribution in [0.4, 0.5) is 18.0 Å². The smallest absolute Gasteiger partial charge is 0.407 e. The van der Waals surface area contributed by atoms with E-state index in [1.165, 1.54) is 0 Å². The van der Waals surface area contributed by atoms with Gasteiger partial charge in [-0.2, -0.15) is 0 Å². The van der Waals surface area contributed by atoms with Gasteiger partial charge in [-0.1, -0.05) is 0 Å². The van der Waals surface area contributed by atoms with Gasteiger partial charge in [0.15, 0.2) is 17.5 Å². The third kappa shape index (κ3) is 5.37. The molecular weight excluding hydrogens is 337 g/mol. The van der Waals surface area contributed by atoms with Gasteiger partial charge >= 0.3 is 6.09 Å². The second-order valence-electron chi connectivity index (χ2n) is 7.08. The molecule has 0 unspecified atom stereocenters. The molecule has 0 bridgehead atoms. The van der Waals surface area contributed by atoms with E-state index >= 15 is 0 Å². The molecule has 1 aromatic carbocycles. The van der Waals surface area contributed by atoms with Crippen molar-refractivity contribution in [3.63, 3.8) is 0 Å². The van der Waals surface area contributed by atoms with Crippen molar-refractivity contribution < 1.29 is 27.5 Å². The lowest BCUT2D eigenvalue weighted by Gasteiger charge is -2.21. The highest BCUT2D eigenvalue weighted by Crippen LogP contribution is 2.21. The Balaban J connectivity index is 1.88. The number of carbonyl (C=O) groups is 2. The SMILES string of the molecule is CC(C)(C)OC(=O)N[C@H]1CC[C@@H](NC(=O)c2cc(F)c(F)c(F)c2)C1. The van der Waals surface area contributed by atoms with Crippen LogP contribution in [0.2, 0.25) is 0 Å². The highest BCUT2D eigenvalue weighted by Gasteiger charge is 2.29. The van der Waals surface area contributed by atoms with Gasteiger partial charge < -0.3 is 15.4 Å². The molecule has 138 valence electrons. The molecule has 0 heterocycles. The van der Waals surface area contributed by atoms with Crippen LogP contribution in [0.25, 0.3) is 0 Å². The number of nitrogens with one attached hydrogen (secondary N) is 2. The van der Waals surface area contributed by atoms with Crippen molar-refractivity contribution in [1.82, 2.24) is 10.6 Å². The van der Waals surface area contributed by atoms with Crippen LogP contribution in [-0.2, 0) is 4.74 Å². The molecule has 1 aliphatic rings. The van der Waals surface area contributed by atoms with E-state index in [9.17, 15) is 22.8 Å². The molecule has 1 aromatic rings. The first kappa shape index (κ1) is 19.1. The standard InChI is InChI=1S/C17H21F3N2O3/c1-17(2,3)25-16(24)22-11-5-4-10(8-11)21-15(23)9-6-12(18)14(20)13(19)7-9/h6-7,10-11H,4-5,8H2,1-3H3,(H,21,23)(H,22,24)/t10-,11+/m1/s1. The Labute approximate surface area is 143 Å². The van der Waals surface area contributed by atoms with Crippen LogP contribution in [0, 0.1) is 17.5 Å². The molecule has 2 N–H and O–H groups in total. The minimum atomic E-state index is -1.61. The fraction of sp³-hybridized carbons (Fsp3) is 0.529. The van der Waals surface area contributed by atoms with Gasteiger partial charge in [0, 0.05) is 17.6 Å². The number of alkyl carbamates (subject to hydrolysis) is 1. The normalized spacial score (nSPS) is 20.2. The van der Waals surface area contributed by atoms with E-state index < -0.39 is 35.1 Å². The maximum Gasteiger partial charge on any atom is 0.407 e. The van der Waals surface area contributed by atoms with Gasteiger partial charge in [-0.15, -0.1) is 0 Å². The van der Waals surface area contributed by atoms with Crippen LogP contribution in [-0.4, -0.2) is 29.7 Å². The topological polar surface area (TPSA) is 67.4 Å². The van der Waals surface area contributed by atoms with Gasteiger partial charge in [-0.05, 0) is 52.2 Å². The van der Waals surface area contributed by atoms with Crippen molar-refractivity contribution in [3.05, 3.63) is 35.1 Å². The second-order valence-corrected chi connectivity index (χ2v) is 7.08. The molecule has 0 aliphatic heterocycles. The monoisotopic (exact) mass is 358 g/mol. The molecule has 2 amide bonds. The summed E-state index contributed by atoms with van der Waals surface area (Å²) in [6.45, 7) is 5.27. The molecule has 0 spiro atoms. The van der Waals surface area contributed by atoms with Gasteiger partial charge in [0.1, 0.15) is 5.60 Å². The molecule has 2 rings (SSSR count). The highest BCUT2D eigenvalue weighted by molar-refractivity contribution is 5.94. The predicted molar refractivity (Wildman–Crippen MR) is 84.6 cm³/mol. The summed E-state index contributed by atoms with van der Waals surface area (Å²) in [7, 11) is 0. The maximum atomic E-state index is 13.2. The summed E-state index contributed by atoms with van der Waals surface area (Å²) in [6.07, 6.45) is 1.17. The van der Waals surface area contributed by atoms with Gasteiger partial charge in [0.05, 0.1) is 0 Å². The number of amides is 2. The Kier molecular flexibility index (Phi) is 5.59. The van der Waals surface area contributed by atoms with Gasteiger partial charge in [-0.3, -0.25) is 4.79 Å². The fourth-order valence-corrected chi connectivity index (χ4v) is 2.67. The fourth-order valence-electron chi connectivity index (χ4n) is 2.67. The van der Waals surface area contributed by atoms with Gasteiger partial charge in [-0.25, -0.2) is 18.0 Å². The average molecular weight is 358 g/mol. The van der Waals surface area contributed by atoms with Crippen molar-refractivity contribution in [1.29, 1.82) is 0 Å². The zero-order valence-corrected chi connectivity index (χ0v) is 14.3. The zero-order valence-electron chi connectivity index (χ0n) is 14.3. The summed E-state index contributed by atoms with van der Waals surface area (Å²) in [5, 5.41) is 5.36. The Bertz CT molecular complexity index is 651. The number of rotatable bonds is 3. The van der Waals surface area contributed by atoms with Crippen molar-refractivity contribution >= 4 is 12.0 Å². The molecule has 1 fully saturated rings. The summed E-state index contributed by atoms with van der Waals surface area (Å²) < 4.78 is 44.5. The first-order valence-electron chi connectivity index (χ1n) is 8.00. The lowest BCUT2D eigenvalue weighted by molar-refractivity contribution is 0.0505. The van der Waals surface area contributed by atoms with E-state index in [-0.39, 0.29) is 17.6 Å². The lowest BCUT2D eigenvalue weighted by atomic mass is 10.1. The quantitative estimate of drug-likeness (QED) is 0.815. The zero-order chi connectivity index (χ0) is 18.8. The molecule has 0 radical (unpaired) electrons. The predicted octanol–water partition coefficient (Wildman–Crippen LogP) is 3.28. The van der Waals surface area contributed by atoms with Crippen LogP contribution in [0.1, 0.15) is 50.4 Å². The number of hydrogen-bond acceptors (Lipinski definition) is 3. The first-order chi connectivity index (χ1) is 11.5. The van der Waals surface area contributed by atoms with E-state index in [0.29, 0.717) is 31.4 Å². The van der Waals surface area contributed by atoms with Crippen LogP contribution in [0.15, 0.2) is 12.1 Å². The Morgan fingerprint density at radius 3 is 2.08 bits per heavy atom. The molecule has 0 saturated heterocycles. The Hall–Kier alpha value is -2.25. The van der Waals surface area contributed by atoms with Gasteiger partial charge in [0.25, 0.3) is 5.91 Å². The number of benzene rings is 1. The first-order valence-corrected chi connectivity index (χ1v) is 8.00. The number of ether oxygens (including phenoxy) is 1. The third-order valence-corrected chi connectivity index (χ3v) is 3.73. The largest absolute Gasteiger partial charge is 0.444 e. The molecule has 2 atom stereocenters. The number of carbonyl (C=O) groups excluding carboxylic acids is 2. The average Bonchev–Trinajstić information content (AvgIpc) is 2.88. The molecule has 25 heavy (non-hydrogen) atoms. The van der Waals surface area contributed by atoms with Crippen LogP contribution >= 0.6 is 0 Å². The lowest BCUT2D eigenvalue weighted by Crippen LogP contribution is -2.39. The molecular formula is C17H21F3N2O3. The molecule has 8 heteroatoms. The maximum absolute atomic E-state index is 13.2. The summed E-state index contributed by atoms with van der Waals surface area (Å²) >= 11 is 0. The van der Waals surface area contributed by atoms with Crippen molar-refractivity contribution in [2.75, 3.05) is 0 Å². The highest BCUT2D eigenvalue weighted by atomic mass is 19.2. The summed E-state index contributed by atoms with van der Waals surface area (Å²) in [6, 6.07) is 0.878. The minimum absolute atomic E-state index is 0.165. The van der Waals surface area contributed by atoms with E-state index in [0.717, 1.165) is 0 Å². The summed E-state index contributed by atoms with van der Waals surface area (Å²) in [4.78, 5) is 23.8. The van der Waals surface area contributed by atoms with E-state index in [1.54, 1.807) is 20.8 Å². The summed E-state index contributed by atoms with van der Waals surface area (Å²) in [5.41, 5.74) is -0.896. The summed E-state index contributed by atoms with van der Waals surface area (Å²) in [5.74, 6) is -5.14. The molecule has 1 saturated carbocycles. The third-order valence-electron chi connectivity index (χ3n) is 3.73. The Morgan fingerprint density at radius 2 is 1.56 bits per heavy atom. The number of hydrogen-bond donors (Lipinski definition) is 2. The van der Waals surface area contributed by atoms with Crippen molar-refractivity contribution in [2.24, 2.45) is 0 Å². The Morgan fingerprint density at radius 1 is 1.04 bits per heavy atom. The minimum Gasteiger partial charge on any atom is -0.444 e. The van der Waals surface area contributed by atoms with E-state index in [1.807, 2.05) is 0 Å². The molecule has 1 aliphatic carbocycles. The van der Waals surface area contributed by atoms with Gasteiger partial charge in [0.2, 0.25) is 0 Å². The second kappa shape index (κ2) is 7.33. The van der Waals surface area contributed by atoms with Crippen LogP contribution in [0.3, 0.4) is 0 Å². The van der Waals surface area contributed by atoms with E-state index in [4.69, 9.17) is 4.74 Å². The van der Waals surface area contributed by atoms with E-state index in [2.05, 4.69) is 10.6 Å². The van der Waals surface area contributed by atoms with Crippen LogP contribution < -0.4 is 10.6 Å². The molecule has 5 nitrogen and oxygen atoms in total. The van der Waals surface area contributed by atoms with Crippen molar-refractivity contribution in [3.8, 4) is 0 Å². The van der Waals surface area contributed by atoms with Crippen LogP contribution in [0.5, 0.6) is 0 Å². The number of halogens is 3. The molecule has 0 aromatic heterocycles. The van der Waals surface area contributed by atoms with Crippen molar-refractivity contribution in [2.45, 2.75) is 57.7 Å².